The molecule has 3 aromatic rings. The van der Waals surface area contributed by atoms with Gasteiger partial charge in [-0.15, -0.1) is 4.91 Å². The Morgan fingerprint density at radius 2 is 2.10 bits per heavy atom. The van der Waals surface area contributed by atoms with Crippen molar-refractivity contribution in [1.29, 1.82) is 0 Å². The van der Waals surface area contributed by atoms with Crippen LogP contribution in [0.1, 0.15) is 5.56 Å². The minimum atomic E-state index is 0.233. The number of aromatic nitrogens is 2. The molecule has 106 valence electrons. The van der Waals surface area contributed by atoms with Crippen molar-refractivity contribution >= 4 is 23.1 Å². The van der Waals surface area contributed by atoms with Gasteiger partial charge in [0.15, 0.2) is 0 Å². The Kier molecular flexibility index (Phi) is 3.35. The van der Waals surface area contributed by atoms with Crippen LogP contribution in [0.3, 0.4) is 0 Å². The molecular weight excluding hydrogens is 290 g/mol. The fraction of sp³-hybridized carbons (Fsp3) is 0.133. The Morgan fingerprint density at radius 1 is 1.29 bits per heavy atom. The predicted octanol–water partition coefficient (Wildman–Crippen LogP) is 4.37. The molecule has 0 aliphatic carbocycles. The van der Waals surface area contributed by atoms with Crippen LogP contribution in [0.4, 0.5) is 5.82 Å². The van der Waals surface area contributed by atoms with Crippen molar-refractivity contribution in [2.75, 3.05) is 7.11 Å². The lowest BCUT2D eigenvalue weighted by molar-refractivity contribution is 0.412. The van der Waals surface area contributed by atoms with Gasteiger partial charge < -0.3 is 4.74 Å². The minimum Gasteiger partial charge on any atom is -0.496 e. The van der Waals surface area contributed by atoms with Crippen LogP contribution >= 0.6 is 11.6 Å². The Balaban J connectivity index is 2.24. The molecule has 1 aromatic carbocycles. The second-order valence-corrected chi connectivity index (χ2v) is 5.07. The lowest BCUT2D eigenvalue weighted by Crippen LogP contribution is -1.88. The molecule has 0 aliphatic rings. The number of methoxy groups -OCH3 is 1. The molecule has 0 atom stereocenters. The van der Waals surface area contributed by atoms with Crippen LogP contribution in [0.5, 0.6) is 5.75 Å². The Labute approximate surface area is 126 Å². The molecule has 0 unspecified atom stereocenters. The molecule has 0 bridgehead atoms. The van der Waals surface area contributed by atoms with Gasteiger partial charge in [-0.25, -0.2) is 4.98 Å². The number of imidazole rings is 1. The molecule has 0 saturated heterocycles. The van der Waals surface area contributed by atoms with Gasteiger partial charge in [0.25, 0.3) is 0 Å². The molecule has 0 radical (unpaired) electrons. The van der Waals surface area contributed by atoms with E-state index in [1.54, 1.807) is 29.8 Å². The number of pyridine rings is 1. The maximum Gasteiger partial charge on any atom is 0.209 e. The van der Waals surface area contributed by atoms with Gasteiger partial charge in [-0.05, 0) is 48.0 Å². The van der Waals surface area contributed by atoms with E-state index in [4.69, 9.17) is 16.3 Å². The van der Waals surface area contributed by atoms with E-state index in [-0.39, 0.29) is 5.82 Å². The summed E-state index contributed by atoms with van der Waals surface area (Å²) in [5, 5.41) is 3.62. The van der Waals surface area contributed by atoms with Crippen molar-refractivity contribution in [3.8, 4) is 17.0 Å². The van der Waals surface area contributed by atoms with Gasteiger partial charge in [-0.2, -0.15) is 0 Å². The molecule has 2 aromatic heterocycles. The van der Waals surface area contributed by atoms with Crippen LogP contribution in [0.25, 0.3) is 16.9 Å². The third-order valence-corrected chi connectivity index (χ3v) is 3.54. The highest BCUT2D eigenvalue weighted by atomic mass is 35.5. The molecule has 0 fully saturated rings. The number of fused-ring (bicyclic) bond motifs is 1. The highest BCUT2D eigenvalue weighted by molar-refractivity contribution is 6.30. The zero-order valence-corrected chi connectivity index (χ0v) is 12.3. The number of aryl methyl sites for hydroxylation is 1. The first-order valence-electron chi connectivity index (χ1n) is 6.30. The average molecular weight is 302 g/mol. The number of hydrogen-bond acceptors (Lipinski definition) is 4. The molecule has 0 N–H and O–H groups in total. The first-order chi connectivity index (χ1) is 10.1. The van der Waals surface area contributed by atoms with Crippen LogP contribution in [0.15, 0.2) is 41.7 Å². The summed E-state index contributed by atoms with van der Waals surface area (Å²) in [7, 11) is 1.62. The zero-order chi connectivity index (χ0) is 15.0. The fourth-order valence-corrected chi connectivity index (χ4v) is 2.47. The lowest BCUT2D eigenvalue weighted by atomic mass is 10.1. The molecule has 0 saturated carbocycles. The summed E-state index contributed by atoms with van der Waals surface area (Å²) < 4.78 is 6.83. The second-order valence-electron chi connectivity index (χ2n) is 4.64. The molecule has 6 heteroatoms. The van der Waals surface area contributed by atoms with E-state index in [2.05, 4.69) is 10.2 Å². The van der Waals surface area contributed by atoms with E-state index in [1.807, 2.05) is 25.1 Å². The second kappa shape index (κ2) is 5.18. The predicted molar refractivity (Wildman–Crippen MR) is 82.4 cm³/mol. The number of halogens is 1. The molecule has 2 heterocycles. The zero-order valence-electron chi connectivity index (χ0n) is 11.5. The largest absolute Gasteiger partial charge is 0.496 e. The van der Waals surface area contributed by atoms with Crippen molar-refractivity contribution in [1.82, 2.24) is 9.38 Å². The standard InChI is InChI=1S/C15H12ClN3O2/c1-9-7-10(3-5-12(9)21-2)14-15(18-20)19-8-11(16)4-6-13(19)17-14/h3-8H,1-2H3. The van der Waals surface area contributed by atoms with Crippen LogP contribution < -0.4 is 4.74 Å². The number of hydrogen-bond donors (Lipinski definition) is 0. The van der Waals surface area contributed by atoms with E-state index in [1.165, 1.54) is 0 Å². The summed E-state index contributed by atoms with van der Waals surface area (Å²) in [5.41, 5.74) is 2.92. The number of ether oxygens (including phenoxy) is 1. The van der Waals surface area contributed by atoms with Gasteiger partial charge >= 0.3 is 0 Å². The maximum absolute atomic E-state index is 11.2. The normalized spacial score (nSPS) is 10.8. The smallest absolute Gasteiger partial charge is 0.209 e. The number of benzene rings is 1. The highest BCUT2D eigenvalue weighted by Gasteiger charge is 2.16. The third kappa shape index (κ3) is 2.25. The molecule has 5 nitrogen and oxygen atoms in total. The monoisotopic (exact) mass is 301 g/mol. The van der Waals surface area contributed by atoms with Crippen LogP contribution in [-0.2, 0) is 0 Å². The van der Waals surface area contributed by atoms with Crippen molar-refractivity contribution < 1.29 is 4.74 Å². The number of nitrogens with zero attached hydrogens (tertiary/aromatic N) is 3. The topological polar surface area (TPSA) is 56.0 Å². The summed E-state index contributed by atoms with van der Waals surface area (Å²) in [6.45, 7) is 1.93. The van der Waals surface area contributed by atoms with Crippen molar-refractivity contribution in [3.05, 3.63) is 52.0 Å². The molecular formula is C15H12ClN3O2. The van der Waals surface area contributed by atoms with Gasteiger partial charge in [-0.1, -0.05) is 11.6 Å². The van der Waals surface area contributed by atoms with Gasteiger partial charge in [0.05, 0.1) is 12.1 Å². The quantitative estimate of drug-likeness (QED) is 0.675. The number of rotatable bonds is 3. The van der Waals surface area contributed by atoms with E-state index in [0.29, 0.717) is 16.4 Å². The van der Waals surface area contributed by atoms with Crippen molar-refractivity contribution in [2.45, 2.75) is 6.92 Å². The minimum absolute atomic E-state index is 0.233. The van der Waals surface area contributed by atoms with Gasteiger partial charge in [0.2, 0.25) is 5.82 Å². The molecule has 0 amide bonds. The highest BCUT2D eigenvalue weighted by Crippen LogP contribution is 2.33. The van der Waals surface area contributed by atoms with E-state index in [9.17, 15) is 4.91 Å². The molecule has 0 aliphatic heterocycles. The fourth-order valence-electron chi connectivity index (χ4n) is 2.31. The van der Waals surface area contributed by atoms with Crippen LogP contribution in [0.2, 0.25) is 5.02 Å². The van der Waals surface area contributed by atoms with E-state index in [0.717, 1.165) is 16.9 Å². The summed E-state index contributed by atoms with van der Waals surface area (Å²) >= 11 is 5.96. The SMILES string of the molecule is COc1ccc(-c2nc3ccc(Cl)cn3c2N=O)cc1C. The van der Waals surface area contributed by atoms with Gasteiger partial charge in [0.1, 0.15) is 17.1 Å². The number of nitroso groups, excluding NO2 is 1. The van der Waals surface area contributed by atoms with Crippen LogP contribution in [0, 0.1) is 11.8 Å². The first-order valence-corrected chi connectivity index (χ1v) is 6.68. The molecule has 0 spiro atoms. The van der Waals surface area contributed by atoms with Crippen LogP contribution in [-0.4, -0.2) is 16.5 Å². The summed E-state index contributed by atoms with van der Waals surface area (Å²) in [4.78, 5) is 15.7. The Hall–Kier alpha value is -2.40. The van der Waals surface area contributed by atoms with Gasteiger partial charge in [0, 0.05) is 11.8 Å². The van der Waals surface area contributed by atoms with Crippen molar-refractivity contribution in [2.24, 2.45) is 5.18 Å². The third-order valence-electron chi connectivity index (χ3n) is 3.31. The van der Waals surface area contributed by atoms with Gasteiger partial charge in [-0.3, -0.25) is 4.40 Å². The summed E-state index contributed by atoms with van der Waals surface area (Å²) in [6, 6.07) is 9.08. The summed E-state index contributed by atoms with van der Waals surface area (Å²) in [5.74, 6) is 1.02. The Morgan fingerprint density at radius 3 is 2.76 bits per heavy atom. The average Bonchev–Trinajstić information content (AvgIpc) is 2.84. The lowest BCUT2D eigenvalue weighted by Gasteiger charge is -2.05. The van der Waals surface area contributed by atoms with Crippen molar-refractivity contribution in [3.63, 3.8) is 0 Å². The first kappa shape index (κ1) is 13.6. The summed E-state index contributed by atoms with van der Waals surface area (Å²) in [6.07, 6.45) is 1.63. The maximum atomic E-state index is 11.2. The van der Waals surface area contributed by atoms with E-state index >= 15 is 0 Å². The Bertz CT molecular complexity index is 842. The van der Waals surface area contributed by atoms with E-state index < -0.39 is 0 Å². The molecule has 21 heavy (non-hydrogen) atoms. The molecule has 3 rings (SSSR count).